The lowest BCUT2D eigenvalue weighted by molar-refractivity contribution is -0.118. The molecule has 0 radical (unpaired) electrons. The molecule has 1 aromatic carbocycles. The van der Waals surface area contributed by atoms with Crippen molar-refractivity contribution in [1.82, 2.24) is 15.2 Å². The number of methoxy groups -OCH3 is 1. The zero-order chi connectivity index (χ0) is 12.8. The Kier molecular flexibility index (Phi) is 3.75. The van der Waals surface area contributed by atoms with Crippen LogP contribution in [0.15, 0.2) is 30.6 Å². The van der Waals surface area contributed by atoms with Gasteiger partial charge in [0.25, 0.3) is 5.91 Å². The molecular formula is C11H12N4O3. The number of hydrogen-bond donors (Lipinski definition) is 2. The van der Waals surface area contributed by atoms with E-state index < -0.39 is 0 Å². The van der Waals surface area contributed by atoms with Crippen molar-refractivity contribution in [1.29, 1.82) is 0 Å². The highest BCUT2D eigenvalue weighted by Gasteiger charge is 2.05. The van der Waals surface area contributed by atoms with E-state index >= 15 is 0 Å². The van der Waals surface area contributed by atoms with E-state index in [0.29, 0.717) is 11.5 Å². The minimum absolute atomic E-state index is 0.117. The predicted octanol–water partition coefficient (Wildman–Crippen LogP) is 0.831. The Hall–Kier alpha value is -2.57. The van der Waals surface area contributed by atoms with Crippen LogP contribution in [0.25, 0.3) is 0 Å². The van der Waals surface area contributed by atoms with Crippen molar-refractivity contribution in [2.45, 2.75) is 0 Å². The highest BCUT2D eigenvalue weighted by atomic mass is 16.5. The Balaban J connectivity index is 1.85. The molecule has 0 spiro atoms. The molecular weight excluding hydrogens is 236 g/mol. The molecule has 94 valence electrons. The number of carbonyl (C=O) groups excluding carboxylic acids is 1. The summed E-state index contributed by atoms with van der Waals surface area (Å²) in [5.41, 5.74) is 0. The number of ether oxygens (including phenoxy) is 2. The fourth-order valence-corrected chi connectivity index (χ4v) is 1.27. The van der Waals surface area contributed by atoms with Crippen molar-refractivity contribution in [3.05, 3.63) is 30.6 Å². The first-order valence-corrected chi connectivity index (χ1v) is 5.20. The monoisotopic (exact) mass is 248 g/mol. The fraction of sp³-hybridized carbons (Fsp3) is 0.182. The van der Waals surface area contributed by atoms with Crippen molar-refractivity contribution in [2.24, 2.45) is 0 Å². The van der Waals surface area contributed by atoms with Gasteiger partial charge in [-0.3, -0.25) is 10.1 Å². The first kappa shape index (κ1) is 11.9. The highest BCUT2D eigenvalue weighted by molar-refractivity contribution is 5.90. The number of rotatable bonds is 5. The van der Waals surface area contributed by atoms with Crippen LogP contribution in [-0.4, -0.2) is 34.8 Å². The van der Waals surface area contributed by atoms with Gasteiger partial charge in [-0.25, -0.2) is 5.10 Å². The molecule has 0 aliphatic heterocycles. The smallest absolute Gasteiger partial charge is 0.264 e. The van der Waals surface area contributed by atoms with Gasteiger partial charge >= 0.3 is 0 Å². The Morgan fingerprint density at radius 2 is 2.28 bits per heavy atom. The Bertz CT molecular complexity index is 513. The van der Waals surface area contributed by atoms with E-state index in [0.717, 1.165) is 0 Å². The van der Waals surface area contributed by atoms with Gasteiger partial charge in [-0.1, -0.05) is 6.07 Å². The summed E-state index contributed by atoms with van der Waals surface area (Å²) in [4.78, 5) is 15.2. The van der Waals surface area contributed by atoms with Crippen LogP contribution in [0.2, 0.25) is 0 Å². The van der Waals surface area contributed by atoms with E-state index in [1.54, 1.807) is 31.4 Å². The van der Waals surface area contributed by atoms with Crippen molar-refractivity contribution >= 4 is 11.9 Å². The summed E-state index contributed by atoms with van der Waals surface area (Å²) in [6.45, 7) is -0.117. The molecule has 2 rings (SSSR count). The van der Waals surface area contributed by atoms with Gasteiger partial charge in [0.1, 0.15) is 17.8 Å². The molecule has 18 heavy (non-hydrogen) atoms. The van der Waals surface area contributed by atoms with Crippen LogP contribution in [-0.2, 0) is 4.79 Å². The number of hydrogen-bond acceptors (Lipinski definition) is 5. The summed E-state index contributed by atoms with van der Waals surface area (Å²) >= 11 is 0. The SMILES string of the molecule is COc1cccc(OCC(=O)Nc2ncn[nH]2)c1. The number of aromatic nitrogens is 3. The molecule has 0 bridgehead atoms. The lowest BCUT2D eigenvalue weighted by atomic mass is 10.3. The summed E-state index contributed by atoms with van der Waals surface area (Å²) in [6.07, 6.45) is 1.30. The Morgan fingerprint density at radius 3 is 3.00 bits per heavy atom. The molecule has 1 amide bonds. The third-order valence-corrected chi connectivity index (χ3v) is 2.08. The second-order valence-electron chi connectivity index (χ2n) is 3.35. The second-order valence-corrected chi connectivity index (χ2v) is 3.35. The third-order valence-electron chi connectivity index (χ3n) is 2.08. The van der Waals surface area contributed by atoms with E-state index in [2.05, 4.69) is 20.5 Å². The van der Waals surface area contributed by atoms with Gasteiger partial charge in [0, 0.05) is 6.07 Å². The van der Waals surface area contributed by atoms with Gasteiger partial charge in [-0.2, -0.15) is 10.1 Å². The maximum Gasteiger partial charge on any atom is 0.264 e. The van der Waals surface area contributed by atoms with Crippen LogP contribution in [0.4, 0.5) is 5.95 Å². The molecule has 1 heterocycles. The quantitative estimate of drug-likeness (QED) is 0.818. The van der Waals surface area contributed by atoms with Crippen molar-refractivity contribution < 1.29 is 14.3 Å². The molecule has 2 aromatic rings. The number of anilines is 1. The first-order chi connectivity index (χ1) is 8.78. The van der Waals surface area contributed by atoms with Crippen molar-refractivity contribution in [2.75, 3.05) is 19.0 Å². The molecule has 2 N–H and O–H groups in total. The van der Waals surface area contributed by atoms with E-state index in [1.807, 2.05) is 0 Å². The van der Waals surface area contributed by atoms with Gasteiger partial charge in [0.2, 0.25) is 5.95 Å². The van der Waals surface area contributed by atoms with Crippen molar-refractivity contribution in [3.8, 4) is 11.5 Å². The summed E-state index contributed by atoms with van der Waals surface area (Å²) in [7, 11) is 1.57. The number of nitrogens with zero attached hydrogens (tertiary/aromatic N) is 2. The van der Waals surface area contributed by atoms with E-state index in [9.17, 15) is 4.79 Å². The molecule has 1 aromatic heterocycles. The molecule has 0 aliphatic rings. The molecule has 0 fully saturated rings. The second kappa shape index (κ2) is 5.67. The molecule has 7 nitrogen and oxygen atoms in total. The average molecular weight is 248 g/mol. The van der Waals surface area contributed by atoms with Gasteiger partial charge in [0.05, 0.1) is 7.11 Å². The van der Waals surface area contributed by atoms with Gasteiger partial charge in [-0.05, 0) is 12.1 Å². The van der Waals surface area contributed by atoms with Gasteiger partial charge in [-0.15, -0.1) is 0 Å². The number of amides is 1. The zero-order valence-corrected chi connectivity index (χ0v) is 9.71. The topological polar surface area (TPSA) is 89.1 Å². The van der Waals surface area contributed by atoms with Crippen molar-refractivity contribution in [3.63, 3.8) is 0 Å². The van der Waals surface area contributed by atoms with Crippen LogP contribution in [0.3, 0.4) is 0 Å². The van der Waals surface area contributed by atoms with E-state index in [-0.39, 0.29) is 18.5 Å². The lowest BCUT2D eigenvalue weighted by Crippen LogP contribution is -2.20. The predicted molar refractivity (Wildman–Crippen MR) is 63.5 cm³/mol. The minimum Gasteiger partial charge on any atom is -0.497 e. The van der Waals surface area contributed by atoms with Crippen LogP contribution < -0.4 is 14.8 Å². The number of H-pyrrole nitrogens is 1. The third kappa shape index (κ3) is 3.21. The minimum atomic E-state index is -0.324. The summed E-state index contributed by atoms with van der Waals surface area (Å²) in [6, 6.07) is 7.01. The van der Waals surface area contributed by atoms with Crippen LogP contribution in [0.1, 0.15) is 0 Å². The largest absolute Gasteiger partial charge is 0.497 e. The maximum atomic E-state index is 11.5. The Morgan fingerprint density at radius 1 is 1.44 bits per heavy atom. The summed E-state index contributed by atoms with van der Waals surface area (Å²) in [5.74, 6) is 1.19. The maximum absolute atomic E-state index is 11.5. The average Bonchev–Trinajstić information content (AvgIpc) is 2.89. The van der Waals surface area contributed by atoms with Crippen LogP contribution in [0.5, 0.6) is 11.5 Å². The Labute approximate surface area is 103 Å². The molecule has 0 saturated heterocycles. The highest BCUT2D eigenvalue weighted by Crippen LogP contribution is 2.18. The molecule has 0 unspecified atom stereocenters. The first-order valence-electron chi connectivity index (χ1n) is 5.20. The molecule has 0 aliphatic carbocycles. The summed E-state index contributed by atoms with van der Waals surface area (Å²) in [5, 5.41) is 8.62. The number of carbonyl (C=O) groups is 1. The molecule has 7 heteroatoms. The number of aromatic amines is 1. The zero-order valence-electron chi connectivity index (χ0n) is 9.71. The van der Waals surface area contributed by atoms with E-state index in [4.69, 9.17) is 9.47 Å². The standard InChI is InChI=1S/C11H12N4O3/c1-17-8-3-2-4-9(5-8)18-6-10(16)14-11-12-7-13-15-11/h2-5,7H,6H2,1H3,(H2,12,13,14,15,16). The van der Waals surface area contributed by atoms with Gasteiger partial charge in [0.15, 0.2) is 6.61 Å². The fourth-order valence-electron chi connectivity index (χ4n) is 1.27. The van der Waals surface area contributed by atoms with E-state index in [1.165, 1.54) is 6.33 Å². The molecule has 0 saturated carbocycles. The van der Waals surface area contributed by atoms with Gasteiger partial charge < -0.3 is 9.47 Å². The normalized spacial score (nSPS) is 9.83. The summed E-state index contributed by atoms with van der Waals surface area (Å²) < 4.78 is 10.3. The van der Waals surface area contributed by atoms with Crippen LogP contribution in [0, 0.1) is 0 Å². The molecule has 0 atom stereocenters. The lowest BCUT2D eigenvalue weighted by Gasteiger charge is -2.07. The number of benzene rings is 1. The van der Waals surface area contributed by atoms with Crippen LogP contribution >= 0.6 is 0 Å². The number of nitrogens with one attached hydrogen (secondary N) is 2.